The molecule has 0 radical (unpaired) electrons. The van der Waals surface area contributed by atoms with E-state index in [-0.39, 0.29) is 0 Å². The van der Waals surface area contributed by atoms with Gasteiger partial charge in [-0.2, -0.15) is 0 Å². The summed E-state index contributed by atoms with van der Waals surface area (Å²) >= 11 is 0. The van der Waals surface area contributed by atoms with Gasteiger partial charge in [-0.15, -0.1) is 0 Å². The molecular formula is C17H20N2. The Hall–Kier alpha value is -2.09. The van der Waals surface area contributed by atoms with Crippen molar-refractivity contribution in [3.8, 4) is 0 Å². The molecule has 2 aromatic carbocycles. The summed E-state index contributed by atoms with van der Waals surface area (Å²) in [6.45, 7) is 4.19. The fraction of sp³-hybridized carbons (Fsp3) is 0.235. The third-order valence-electron chi connectivity index (χ3n) is 3.24. The zero-order chi connectivity index (χ0) is 13.8. The standard InChI is InChI=1S/C17H20N2/c1-13-7-5-6-8-15(13)12-18-17-11-16(19(3)4)10-9-14(17)2/h5-12H,1-4H3/b18-12+. The van der Waals surface area contributed by atoms with Crippen LogP contribution in [0.15, 0.2) is 47.5 Å². The van der Waals surface area contributed by atoms with E-state index in [4.69, 9.17) is 0 Å². The van der Waals surface area contributed by atoms with Gasteiger partial charge in [0.1, 0.15) is 0 Å². The molecule has 0 aliphatic heterocycles. The van der Waals surface area contributed by atoms with Crippen LogP contribution in [0.1, 0.15) is 16.7 Å². The van der Waals surface area contributed by atoms with Crippen LogP contribution in [0, 0.1) is 13.8 Å². The maximum absolute atomic E-state index is 4.63. The Bertz CT molecular complexity index is 598. The molecule has 0 saturated heterocycles. The molecule has 0 bridgehead atoms. The Kier molecular flexibility index (Phi) is 4.00. The lowest BCUT2D eigenvalue weighted by molar-refractivity contribution is 1.13. The lowest BCUT2D eigenvalue weighted by atomic mass is 10.1. The molecule has 0 unspecified atom stereocenters. The minimum atomic E-state index is 1.02. The van der Waals surface area contributed by atoms with Crippen molar-refractivity contribution in [2.75, 3.05) is 19.0 Å². The van der Waals surface area contributed by atoms with Crippen LogP contribution in [0.5, 0.6) is 0 Å². The maximum Gasteiger partial charge on any atom is 0.0679 e. The van der Waals surface area contributed by atoms with Crippen molar-refractivity contribution in [2.45, 2.75) is 13.8 Å². The quantitative estimate of drug-likeness (QED) is 0.750. The Balaban J connectivity index is 2.33. The normalized spacial score (nSPS) is 10.9. The van der Waals surface area contributed by atoms with Crippen molar-refractivity contribution in [3.05, 3.63) is 59.2 Å². The van der Waals surface area contributed by atoms with Gasteiger partial charge in [0.05, 0.1) is 5.69 Å². The molecule has 0 saturated carbocycles. The predicted molar refractivity (Wildman–Crippen MR) is 83.9 cm³/mol. The first-order chi connectivity index (χ1) is 9.08. The molecule has 2 nitrogen and oxygen atoms in total. The van der Waals surface area contributed by atoms with Crippen molar-refractivity contribution in [3.63, 3.8) is 0 Å². The maximum atomic E-state index is 4.63. The number of nitrogens with zero attached hydrogens (tertiary/aromatic N) is 2. The second kappa shape index (κ2) is 5.70. The average molecular weight is 252 g/mol. The fourth-order valence-corrected chi connectivity index (χ4v) is 1.89. The monoisotopic (exact) mass is 252 g/mol. The molecule has 2 rings (SSSR count). The Morgan fingerprint density at radius 1 is 0.947 bits per heavy atom. The number of aliphatic imine (C=N–C) groups is 1. The molecule has 0 aliphatic carbocycles. The first-order valence-corrected chi connectivity index (χ1v) is 6.45. The molecule has 0 spiro atoms. The van der Waals surface area contributed by atoms with Crippen LogP contribution in [-0.2, 0) is 0 Å². The van der Waals surface area contributed by atoms with Crippen LogP contribution in [0.2, 0.25) is 0 Å². The summed E-state index contributed by atoms with van der Waals surface area (Å²) in [6.07, 6.45) is 1.94. The third kappa shape index (κ3) is 3.22. The van der Waals surface area contributed by atoms with Crippen molar-refractivity contribution >= 4 is 17.6 Å². The van der Waals surface area contributed by atoms with Crippen molar-refractivity contribution in [1.82, 2.24) is 0 Å². The highest BCUT2D eigenvalue weighted by Crippen LogP contribution is 2.24. The lowest BCUT2D eigenvalue weighted by Gasteiger charge is -2.13. The van der Waals surface area contributed by atoms with E-state index in [1.54, 1.807) is 0 Å². The van der Waals surface area contributed by atoms with E-state index >= 15 is 0 Å². The summed E-state index contributed by atoms with van der Waals surface area (Å²) < 4.78 is 0. The molecule has 19 heavy (non-hydrogen) atoms. The van der Waals surface area contributed by atoms with Crippen LogP contribution in [0.3, 0.4) is 0 Å². The average Bonchev–Trinajstić information content (AvgIpc) is 2.39. The molecule has 2 heteroatoms. The molecule has 0 amide bonds. The van der Waals surface area contributed by atoms with Gasteiger partial charge in [-0.3, -0.25) is 4.99 Å². The van der Waals surface area contributed by atoms with Gasteiger partial charge in [-0.25, -0.2) is 0 Å². The molecule has 98 valence electrons. The molecule has 0 atom stereocenters. The Morgan fingerprint density at radius 3 is 2.37 bits per heavy atom. The highest BCUT2D eigenvalue weighted by molar-refractivity contribution is 5.84. The second-order valence-electron chi connectivity index (χ2n) is 4.98. The Morgan fingerprint density at radius 2 is 1.68 bits per heavy atom. The summed E-state index contributed by atoms with van der Waals surface area (Å²) in [4.78, 5) is 6.72. The highest BCUT2D eigenvalue weighted by Gasteiger charge is 2.00. The summed E-state index contributed by atoms with van der Waals surface area (Å²) in [5.74, 6) is 0. The molecule has 0 aromatic heterocycles. The molecule has 0 fully saturated rings. The van der Waals surface area contributed by atoms with Crippen LogP contribution < -0.4 is 4.90 Å². The smallest absolute Gasteiger partial charge is 0.0679 e. The van der Waals surface area contributed by atoms with Gasteiger partial charge in [0, 0.05) is 26.0 Å². The van der Waals surface area contributed by atoms with Crippen molar-refractivity contribution < 1.29 is 0 Å². The van der Waals surface area contributed by atoms with E-state index in [1.165, 1.54) is 16.8 Å². The largest absolute Gasteiger partial charge is 0.378 e. The predicted octanol–water partition coefficient (Wildman–Crippen LogP) is 4.12. The van der Waals surface area contributed by atoms with E-state index in [1.807, 2.05) is 32.4 Å². The minimum Gasteiger partial charge on any atom is -0.378 e. The number of aryl methyl sites for hydroxylation is 2. The number of anilines is 1. The number of benzene rings is 2. The minimum absolute atomic E-state index is 1.02. The van der Waals surface area contributed by atoms with Crippen molar-refractivity contribution in [2.24, 2.45) is 4.99 Å². The molecular weight excluding hydrogens is 232 g/mol. The number of hydrogen-bond donors (Lipinski definition) is 0. The highest BCUT2D eigenvalue weighted by atomic mass is 15.1. The first-order valence-electron chi connectivity index (χ1n) is 6.45. The summed E-state index contributed by atoms with van der Waals surface area (Å²) in [6, 6.07) is 14.6. The van der Waals surface area contributed by atoms with E-state index in [0.29, 0.717) is 0 Å². The van der Waals surface area contributed by atoms with E-state index < -0.39 is 0 Å². The Labute approximate surface area is 115 Å². The number of rotatable bonds is 3. The van der Waals surface area contributed by atoms with Gasteiger partial charge in [0.2, 0.25) is 0 Å². The van der Waals surface area contributed by atoms with Gasteiger partial charge in [-0.1, -0.05) is 30.3 Å². The third-order valence-corrected chi connectivity index (χ3v) is 3.24. The van der Waals surface area contributed by atoms with Crippen LogP contribution in [0.25, 0.3) is 0 Å². The summed E-state index contributed by atoms with van der Waals surface area (Å²) in [7, 11) is 4.08. The van der Waals surface area contributed by atoms with Crippen molar-refractivity contribution in [1.29, 1.82) is 0 Å². The number of hydrogen-bond acceptors (Lipinski definition) is 2. The molecule has 0 N–H and O–H groups in total. The van der Waals surface area contributed by atoms with Gasteiger partial charge in [0.15, 0.2) is 0 Å². The van der Waals surface area contributed by atoms with Gasteiger partial charge >= 0.3 is 0 Å². The van der Waals surface area contributed by atoms with Crippen LogP contribution in [0.4, 0.5) is 11.4 Å². The SMILES string of the molecule is Cc1ccccc1/C=N/c1cc(N(C)C)ccc1C. The fourth-order valence-electron chi connectivity index (χ4n) is 1.89. The van der Waals surface area contributed by atoms with Gasteiger partial charge in [-0.05, 0) is 42.7 Å². The molecule has 0 heterocycles. The topological polar surface area (TPSA) is 15.6 Å². The zero-order valence-electron chi connectivity index (χ0n) is 12.0. The van der Waals surface area contributed by atoms with Gasteiger partial charge in [0.25, 0.3) is 0 Å². The van der Waals surface area contributed by atoms with Gasteiger partial charge < -0.3 is 4.90 Å². The van der Waals surface area contributed by atoms with E-state index in [0.717, 1.165) is 11.3 Å². The zero-order valence-corrected chi connectivity index (χ0v) is 12.0. The summed E-state index contributed by atoms with van der Waals surface area (Å²) in [5.41, 5.74) is 5.79. The van der Waals surface area contributed by atoms with Crippen LogP contribution >= 0.6 is 0 Å². The second-order valence-corrected chi connectivity index (χ2v) is 4.98. The van der Waals surface area contributed by atoms with Crippen LogP contribution in [-0.4, -0.2) is 20.3 Å². The lowest BCUT2D eigenvalue weighted by Crippen LogP contribution is -2.08. The van der Waals surface area contributed by atoms with E-state index in [9.17, 15) is 0 Å². The summed E-state index contributed by atoms with van der Waals surface area (Å²) in [5, 5.41) is 0. The molecule has 0 aliphatic rings. The first kappa shape index (κ1) is 13.3. The van der Waals surface area contributed by atoms with E-state index in [2.05, 4.69) is 54.1 Å². The molecule has 2 aromatic rings.